The van der Waals surface area contributed by atoms with Gasteiger partial charge in [0.1, 0.15) is 0 Å². The largest absolute Gasteiger partial charge is 0.355 e. The molecular weight excluding hydrogens is 214 g/mol. The fourth-order valence-electron chi connectivity index (χ4n) is 1.96. The highest BCUT2D eigenvalue weighted by Gasteiger charge is 2.15. The highest BCUT2D eigenvalue weighted by molar-refractivity contribution is 5.41. The molecule has 1 aliphatic rings. The molecule has 5 nitrogen and oxygen atoms in total. The lowest BCUT2D eigenvalue weighted by Gasteiger charge is -2.28. The van der Waals surface area contributed by atoms with Gasteiger partial charge >= 0.3 is 0 Å². The Labute approximate surface area is 103 Å². The van der Waals surface area contributed by atoms with E-state index in [1.165, 1.54) is 19.3 Å². The van der Waals surface area contributed by atoms with Crippen molar-refractivity contribution >= 4 is 11.8 Å². The summed E-state index contributed by atoms with van der Waals surface area (Å²) >= 11 is 0. The summed E-state index contributed by atoms with van der Waals surface area (Å²) in [6.45, 7) is 8.42. The second-order valence-electron chi connectivity index (χ2n) is 5.56. The molecule has 1 saturated heterocycles. The SMILES string of the molecule is CC(C)(C)Nc1nncc(N2CCCCC2)n1. The van der Waals surface area contributed by atoms with Crippen LogP contribution in [0.5, 0.6) is 0 Å². The molecule has 2 heterocycles. The van der Waals surface area contributed by atoms with E-state index in [0.29, 0.717) is 5.95 Å². The summed E-state index contributed by atoms with van der Waals surface area (Å²) in [5, 5.41) is 11.3. The van der Waals surface area contributed by atoms with E-state index >= 15 is 0 Å². The van der Waals surface area contributed by atoms with Crippen LogP contribution in [0.2, 0.25) is 0 Å². The Bertz CT molecular complexity index is 365. The maximum atomic E-state index is 4.52. The second kappa shape index (κ2) is 4.85. The highest BCUT2D eigenvalue weighted by atomic mass is 15.3. The van der Waals surface area contributed by atoms with E-state index < -0.39 is 0 Å². The monoisotopic (exact) mass is 235 g/mol. The van der Waals surface area contributed by atoms with Crippen molar-refractivity contribution < 1.29 is 0 Å². The molecule has 0 aliphatic carbocycles. The maximum Gasteiger partial charge on any atom is 0.245 e. The molecule has 0 radical (unpaired) electrons. The quantitative estimate of drug-likeness (QED) is 0.850. The third-order valence-corrected chi connectivity index (χ3v) is 2.71. The van der Waals surface area contributed by atoms with Gasteiger partial charge in [-0.2, -0.15) is 10.1 Å². The lowest BCUT2D eigenvalue weighted by atomic mass is 10.1. The summed E-state index contributed by atoms with van der Waals surface area (Å²) in [6, 6.07) is 0. The first-order valence-corrected chi connectivity index (χ1v) is 6.27. The third-order valence-electron chi connectivity index (χ3n) is 2.71. The molecule has 1 N–H and O–H groups in total. The summed E-state index contributed by atoms with van der Waals surface area (Å²) in [7, 11) is 0. The van der Waals surface area contributed by atoms with Crippen molar-refractivity contribution in [2.24, 2.45) is 0 Å². The van der Waals surface area contributed by atoms with Crippen LogP contribution in [0.25, 0.3) is 0 Å². The van der Waals surface area contributed by atoms with Crippen LogP contribution in [0.15, 0.2) is 6.20 Å². The summed E-state index contributed by atoms with van der Waals surface area (Å²) in [5.74, 6) is 1.55. The van der Waals surface area contributed by atoms with Crippen molar-refractivity contribution in [1.82, 2.24) is 15.2 Å². The van der Waals surface area contributed by atoms with Gasteiger partial charge in [-0.25, -0.2) is 0 Å². The number of hydrogen-bond donors (Lipinski definition) is 1. The van der Waals surface area contributed by atoms with Crippen molar-refractivity contribution in [2.75, 3.05) is 23.3 Å². The van der Waals surface area contributed by atoms with Crippen molar-refractivity contribution in [2.45, 2.75) is 45.6 Å². The molecule has 0 amide bonds. The average molecular weight is 235 g/mol. The zero-order valence-corrected chi connectivity index (χ0v) is 10.9. The van der Waals surface area contributed by atoms with Gasteiger partial charge in [-0.05, 0) is 40.0 Å². The van der Waals surface area contributed by atoms with Gasteiger partial charge in [-0.3, -0.25) is 0 Å². The van der Waals surface area contributed by atoms with Crippen molar-refractivity contribution in [3.63, 3.8) is 0 Å². The zero-order valence-electron chi connectivity index (χ0n) is 10.9. The molecule has 17 heavy (non-hydrogen) atoms. The van der Waals surface area contributed by atoms with Crippen molar-refractivity contribution in [3.05, 3.63) is 6.20 Å². The third kappa shape index (κ3) is 3.54. The molecule has 1 fully saturated rings. The first kappa shape index (κ1) is 12.1. The van der Waals surface area contributed by atoms with E-state index in [1.54, 1.807) is 6.20 Å². The van der Waals surface area contributed by atoms with Crippen LogP contribution in [0.4, 0.5) is 11.8 Å². The Kier molecular flexibility index (Phi) is 3.45. The van der Waals surface area contributed by atoms with Crippen LogP contribution in [0.1, 0.15) is 40.0 Å². The Hall–Kier alpha value is -1.39. The number of piperidine rings is 1. The lowest BCUT2D eigenvalue weighted by Crippen LogP contribution is -2.32. The van der Waals surface area contributed by atoms with Crippen LogP contribution in [-0.4, -0.2) is 33.8 Å². The van der Waals surface area contributed by atoms with E-state index in [4.69, 9.17) is 0 Å². The van der Waals surface area contributed by atoms with Gasteiger partial charge < -0.3 is 10.2 Å². The fraction of sp³-hybridized carbons (Fsp3) is 0.750. The van der Waals surface area contributed by atoms with Gasteiger partial charge in [0.05, 0.1) is 6.20 Å². The maximum absolute atomic E-state index is 4.52. The standard InChI is InChI=1S/C12H21N5/c1-12(2,3)15-11-14-10(9-13-16-11)17-7-5-4-6-8-17/h9H,4-8H2,1-3H3,(H,14,15,16). The van der Waals surface area contributed by atoms with Crippen LogP contribution in [0, 0.1) is 0 Å². The lowest BCUT2D eigenvalue weighted by molar-refractivity contribution is 0.570. The molecular formula is C12H21N5. The highest BCUT2D eigenvalue weighted by Crippen LogP contribution is 2.18. The molecule has 0 aromatic carbocycles. The molecule has 1 aliphatic heterocycles. The Morgan fingerprint density at radius 1 is 1.18 bits per heavy atom. The minimum Gasteiger partial charge on any atom is -0.355 e. The molecule has 0 spiro atoms. The van der Waals surface area contributed by atoms with Crippen LogP contribution in [0.3, 0.4) is 0 Å². The molecule has 5 heteroatoms. The predicted octanol–water partition coefficient (Wildman–Crippen LogP) is 2.07. The van der Waals surface area contributed by atoms with Gasteiger partial charge in [0.2, 0.25) is 5.95 Å². The summed E-state index contributed by atoms with van der Waals surface area (Å²) in [4.78, 5) is 6.81. The molecule has 0 bridgehead atoms. The van der Waals surface area contributed by atoms with E-state index in [0.717, 1.165) is 18.9 Å². The summed E-state index contributed by atoms with van der Waals surface area (Å²) in [6.07, 6.45) is 5.55. The van der Waals surface area contributed by atoms with Crippen molar-refractivity contribution in [3.8, 4) is 0 Å². The summed E-state index contributed by atoms with van der Waals surface area (Å²) in [5.41, 5.74) is -0.0395. The number of anilines is 2. The van der Waals surface area contributed by atoms with E-state index in [-0.39, 0.29) is 5.54 Å². The number of nitrogens with zero attached hydrogens (tertiary/aromatic N) is 4. The normalized spacial score (nSPS) is 17.0. The predicted molar refractivity (Wildman–Crippen MR) is 69.3 cm³/mol. The Morgan fingerprint density at radius 2 is 1.88 bits per heavy atom. The van der Waals surface area contributed by atoms with Gasteiger partial charge in [0.15, 0.2) is 5.82 Å². The first-order chi connectivity index (χ1) is 8.04. The molecule has 0 atom stereocenters. The van der Waals surface area contributed by atoms with E-state index in [1.807, 2.05) is 0 Å². The zero-order chi connectivity index (χ0) is 12.3. The Balaban J connectivity index is 2.10. The van der Waals surface area contributed by atoms with Gasteiger partial charge in [-0.1, -0.05) is 0 Å². The Morgan fingerprint density at radius 3 is 2.53 bits per heavy atom. The van der Waals surface area contributed by atoms with Crippen LogP contribution < -0.4 is 10.2 Å². The average Bonchev–Trinajstić information content (AvgIpc) is 2.28. The topological polar surface area (TPSA) is 53.9 Å². The first-order valence-electron chi connectivity index (χ1n) is 6.27. The second-order valence-corrected chi connectivity index (χ2v) is 5.56. The fourth-order valence-corrected chi connectivity index (χ4v) is 1.96. The van der Waals surface area contributed by atoms with Crippen LogP contribution in [-0.2, 0) is 0 Å². The van der Waals surface area contributed by atoms with E-state index in [9.17, 15) is 0 Å². The van der Waals surface area contributed by atoms with E-state index in [2.05, 4.69) is 46.2 Å². The smallest absolute Gasteiger partial charge is 0.245 e. The molecule has 94 valence electrons. The number of aromatic nitrogens is 3. The van der Waals surface area contributed by atoms with Gasteiger partial charge in [0, 0.05) is 18.6 Å². The summed E-state index contributed by atoms with van der Waals surface area (Å²) < 4.78 is 0. The van der Waals surface area contributed by atoms with Gasteiger partial charge in [-0.15, -0.1) is 5.10 Å². The number of hydrogen-bond acceptors (Lipinski definition) is 5. The number of rotatable bonds is 2. The molecule has 1 aromatic heterocycles. The minimum absolute atomic E-state index is 0.0395. The van der Waals surface area contributed by atoms with Crippen molar-refractivity contribution in [1.29, 1.82) is 0 Å². The molecule has 0 unspecified atom stereocenters. The van der Waals surface area contributed by atoms with Crippen LogP contribution >= 0.6 is 0 Å². The number of nitrogens with one attached hydrogen (secondary N) is 1. The molecule has 1 aromatic rings. The molecule has 2 rings (SSSR count). The van der Waals surface area contributed by atoms with Gasteiger partial charge in [0.25, 0.3) is 0 Å². The molecule has 0 saturated carbocycles. The minimum atomic E-state index is -0.0395.